The van der Waals surface area contributed by atoms with Crippen molar-refractivity contribution >= 4 is 5.91 Å². The number of rotatable bonds is 5. The van der Waals surface area contributed by atoms with E-state index in [0.29, 0.717) is 6.42 Å². The molecule has 0 saturated heterocycles. The maximum absolute atomic E-state index is 13.3. The van der Waals surface area contributed by atoms with E-state index in [0.717, 1.165) is 42.5 Å². The molecule has 3 aromatic rings. The second-order valence-electron chi connectivity index (χ2n) is 6.94. The predicted octanol–water partition coefficient (Wildman–Crippen LogP) is 2.93. The van der Waals surface area contributed by atoms with E-state index in [1.54, 1.807) is 16.8 Å². The highest BCUT2D eigenvalue weighted by molar-refractivity contribution is 5.79. The van der Waals surface area contributed by atoms with Crippen molar-refractivity contribution in [1.29, 1.82) is 0 Å². The third-order valence-corrected chi connectivity index (χ3v) is 5.15. The zero-order chi connectivity index (χ0) is 18.7. The number of aromatic nitrogens is 4. The molecule has 138 valence electrons. The monoisotopic (exact) mass is 365 g/mol. The lowest BCUT2D eigenvalue weighted by Gasteiger charge is -2.31. The van der Waals surface area contributed by atoms with E-state index >= 15 is 0 Å². The first-order chi connectivity index (χ1) is 13.1. The molecular formula is C20H20FN5O. The molecule has 0 aliphatic heterocycles. The highest BCUT2D eigenvalue weighted by Crippen LogP contribution is 2.38. The number of nitrogens with zero attached hydrogens (tertiary/aromatic N) is 4. The van der Waals surface area contributed by atoms with Crippen LogP contribution in [0, 0.1) is 5.82 Å². The quantitative estimate of drug-likeness (QED) is 0.755. The van der Waals surface area contributed by atoms with Gasteiger partial charge in [0.2, 0.25) is 5.91 Å². The summed E-state index contributed by atoms with van der Waals surface area (Å²) in [5, 5.41) is 14.3. The van der Waals surface area contributed by atoms with Crippen molar-refractivity contribution in [2.24, 2.45) is 0 Å². The summed E-state index contributed by atoms with van der Waals surface area (Å²) in [6.07, 6.45) is 5.68. The van der Waals surface area contributed by atoms with Gasteiger partial charge in [-0.1, -0.05) is 37.1 Å². The molecule has 1 fully saturated rings. The Morgan fingerprint density at radius 2 is 1.78 bits per heavy atom. The molecule has 0 spiro atoms. The molecule has 1 amide bonds. The van der Waals surface area contributed by atoms with Crippen LogP contribution in [0.4, 0.5) is 4.39 Å². The van der Waals surface area contributed by atoms with Gasteiger partial charge in [0.25, 0.3) is 0 Å². The van der Waals surface area contributed by atoms with Gasteiger partial charge >= 0.3 is 0 Å². The normalized spacial score (nSPS) is 15.6. The minimum Gasteiger partial charge on any atom is -0.346 e. The standard InChI is InChI=1S/C20H20FN5O/c21-17-7-5-16(6-8-17)20(11-1-2-12-20)23-19(27)13-15-3-9-18(10-4-15)26-14-22-24-25-26/h3-10,14H,1-2,11-13H2,(H,23,27). The molecule has 1 aliphatic carbocycles. The Morgan fingerprint density at radius 3 is 2.41 bits per heavy atom. The van der Waals surface area contributed by atoms with Crippen LogP contribution in [0.5, 0.6) is 0 Å². The van der Waals surface area contributed by atoms with Crippen LogP contribution < -0.4 is 5.32 Å². The van der Waals surface area contributed by atoms with Crippen molar-refractivity contribution in [2.75, 3.05) is 0 Å². The van der Waals surface area contributed by atoms with Gasteiger partial charge in [-0.2, -0.15) is 0 Å². The van der Waals surface area contributed by atoms with Crippen LogP contribution in [0.15, 0.2) is 54.9 Å². The Labute approximate surface area is 156 Å². The van der Waals surface area contributed by atoms with E-state index in [-0.39, 0.29) is 11.7 Å². The fourth-order valence-corrected chi connectivity index (χ4v) is 3.78. The van der Waals surface area contributed by atoms with Gasteiger partial charge < -0.3 is 5.32 Å². The minimum absolute atomic E-state index is 0.0311. The van der Waals surface area contributed by atoms with E-state index in [1.165, 1.54) is 18.5 Å². The zero-order valence-corrected chi connectivity index (χ0v) is 14.8. The van der Waals surface area contributed by atoms with Crippen LogP contribution in [0.3, 0.4) is 0 Å². The number of carbonyl (C=O) groups is 1. The van der Waals surface area contributed by atoms with Crippen LogP contribution in [-0.2, 0) is 16.8 Å². The molecule has 27 heavy (non-hydrogen) atoms. The number of benzene rings is 2. The van der Waals surface area contributed by atoms with Crippen molar-refractivity contribution in [3.8, 4) is 5.69 Å². The Kier molecular flexibility index (Phi) is 4.66. The smallest absolute Gasteiger partial charge is 0.225 e. The van der Waals surface area contributed by atoms with E-state index in [2.05, 4.69) is 20.8 Å². The molecule has 7 heteroatoms. The molecule has 0 atom stereocenters. The zero-order valence-electron chi connectivity index (χ0n) is 14.8. The first-order valence-corrected chi connectivity index (χ1v) is 9.04. The molecule has 1 saturated carbocycles. The van der Waals surface area contributed by atoms with Crippen LogP contribution in [0.25, 0.3) is 5.69 Å². The lowest BCUT2D eigenvalue weighted by atomic mass is 9.87. The topological polar surface area (TPSA) is 72.7 Å². The second-order valence-corrected chi connectivity index (χ2v) is 6.94. The van der Waals surface area contributed by atoms with Crippen LogP contribution in [0.2, 0.25) is 0 Å². The molecule has 6 nitrogen and oxygen atoms in total. The van der Waals surface area contributed by atoms with Crippen LogP contribution >= 0.6 is 0 Å². The van der Waals surface area contributed by atoms with E-state index < -0.39 is 5.54 Å². The molecule has 0 bridgehead atoms. The SMILES string of the molecule is O=C(Cc1ccc(-n2cnnn2)cc1)NC1(c2ccc(F)cc2)CCCC1. The predicted molar refractivity (Wildman–Crippen MR) is 97.5 cm³/mol. The number of tetrazole rings is 1. The molecule has 1 heterocycles. The van der Waals surface area contributed by atoms with Crippen molar-refractivity contribution in [3.05, 3.63) is 71.8 Å². The minimum atomic E-state index is -0.392. The average molecular weight is 365 g/mol. The van der Waals surface area contributed by atoms with Crippen LogP contribution in [-0.4, -0.2) is 26.1 Å². The van der Waals surface area contributed by atoms with Gasteiger partial charge in [-0.05, 0) is 58.7 Å². The number of amides is 1. The van der Waals surface area contributed by atoms with Crippen LogP contribution in [0.1, 0.15) is 36.8 Å². The fraction of sp³-hybridized carbons (Fsp3) is 0.300. The van der Waals surface area contributed by atoms with Crippen molar-refractivity contribution in [3.63, 3.8) is 0 Å². The van der Waals surface area contributed by atoms with E-state index in [4.69, 9.17) is 0 Å². The highest BCUT2D eigenvalue weighted by atomic mass is 19.1. The molecule has 0 unspecified atom stereocenters. The second kappa shape index (κ2) is 7.26. The molecule has 0 radical (unpaired) electrons. The first kappa shape index (κ1) is 17.3. The molecule has 1 aromatic heterocycles. The largest absolute Gasteiger partial charge is 0.346 e. The lowest BCUT2D eigenvalue weighted by Crippen LogP contribution is -2.44. The van der Waals surface area contributed by atoms with Gasteiger partial charge in [0.05, 0.1) is 17.6 Å². The number of carbonyl (C=O) groups excluding carboxylic acids is 1. The van der Waals surface area contributed by atoms with Gasteiger partial charge in [-0.15, -0.1) is 5.10 Å². The molecule has 4 rings (SSSR count). The summed E-state index contributed by atoms with van der Waals surface area (Å²) in [4.78, 5) is 12.7. The fourth-order valence-electron chi connectivity index (χ4n) is 3.78. The Bertz CT molecular complexity index is 901. The van der Waals surface area contributed by atoms with Crippen molar-refractivity contribution in [2.45, 2.75) is 37.6 Å². The van der Waals surface area contributed by atoms with Gasteiger partial charge in [-0.25, -0.2) is 9.07 Å². The number of hydrogen-bond donors (Lipinski definition) is 1. The summed E-state index contributed by atoms with van der Waals surface area (Å²) in [5.41, 5.74) is 2.33. The summed E-state index contributed by atoms with van der Waals surface area (Å²) >= 11 is 0. The van der Waals surface area contributed by atoms with Gasteiger partial charge in [0, 0.05) is 0 Å². The molecular weight excluding hydrogens is 345 g/mol. The summed E-state index contributed by atoms with van der Waals surface area (Å²) in [6.45, 7) is 0. The molecule has 2 aromatic carbocycles. The number of halogens is 1. The van der Waals surface area contributed by atoms with Gasteiger partial charge in [0.15, 0.2) is 0 Å². The summed E-state index contributed by atoms with van der Waals surface area (Å²) < 4.78 is 14.8. The third-order valence-electron chi connectivity index (χ3n) is 5.15. The Balaban J connectivity index is 1.46. The first-order valence-electron chi connectivity index (χ1n) is 9.04. The maximum Gasteiger partial charge on any atom is 0.225 e. The van der Waals surface area contributed by atoms with Crippen molar-refractivity contribution < 1.29 is 9.18 Å². The lowest BCUT2D eigenvalue weighted by molar-refractivity contribution is -0.122. The number of hydrogen-bond acceptors (Lipinski definition) is 4. The van der Waals surface area contributed by atoms with Gasteiger partial charge in [0.1, 0.15) is 12.1 Å². The Morgan fingerprint density at radius 1 is 1.07 bits per heavy atom. The highest BCUT2D eigenvalue weighted by Gasteiger charge is 2.36. The Hall–Kier alpha value is -3.09. The van der Waals surface area contributed by atoms with E-state index in [9.17, 15) is 9.18 Å². The molecule has 1 aliphatic rings. The third kappa shape index (κ3) is 3.72. The molecule has 1 N–H and O–H groups in total. The van der Waals surface area contributed by atoms with E-state index in [1.807, 2.05) is 24.3 Å². The summed E-state index contributed by atoms with van der Waals surface area (Å²) in [6, 6.07) is 14.0. The maximum atomic E-state index is 13.3. The number of nitrogens with one attached hydrogen (secondary N) is 1. The van der Waals surface area contributed by atoms with Gasteiger partial charge in [-0.3, -0.25) is 4.79 Å². The summed E-state index contributed by atoms with van der Waals surface area (Å²) in [7, 11) is 0. The van der Waals surface area contributed by atoms with Crippen molar-refractivity contribution in [1.82, 2.24) is 25.5 Å². The average Bonchev–Trinajstić information content (AvgIpc) is 3.35. The summed E-state index contributed by atoms with van der Waals surface area (Å²) in [5.74, 6) is -0.294.